The van der Waals surface area contributed by atoms with Crippen LogP contribution in [-0.4, -0.2) is 22.1 Å². The van der Waals surface area contributed by atoms with Gasteiger partial charge in [0.25, 0.3) is 0 Å². The first-order valence-corrected chi connectivity index (χ1v) is 6.96. The summed E-state index contributed by atoms with van der Waals surface area (Å²) in [6.45, 7) is 2.20. The number of carbonyl (C=O) groups is 1. The largest absolute Gasteiger partial charge is 0.481 e. The van der Waals surface area contributed by atoms with Crippen molar-refractivity contribution < 1.29 is 9.90 Å². The van der Waals surface area contributed by atoms with E-state index in [2.05, 4.69) is 17.2 Å². The Morgan fingerprint density at radius 1 is 1.71 bits per heavy atom. The van der Waals surface area contributed by atoms with Gasteiger partial charge in [-0.1, -0.05) is 6.42 Å². The second-order valence-electron chi connectivity index (χ2n) is 4.66. The van der Waals surface area contributed by atoms with Crippen molar-refractivity contribution in [2.24, 2.45) is 5.92 Å². The Bertz CT molecular complexity index is 388. The van der Waals surface area contributed by atoms with Crippen LogP contribution in [0.25, 0.3) is 0 Å². The summed E-state index contributed by atoms with van der Waals surface area (Å²) in [6, 6.07) is 0.474. The zero-order chi connectivity index (χ0) is 12.3. The fourth-order valence-corrected chi connectivity index (χ4v) is 2.82. The highest BCUT2D eigenvalue weighted by atomic mass is 32.1. The van der Waals surface area contributed by atoms with Gasteiger partial charge in [-0.3, -0.25) is 4.79 Å². The highest BCUT2D eigenvalue weighted by Crippen LogP contribution is 2.31. The summed E-state index contributed by atoms with van der Waals surface area (Å²) in [5, 5.41) is 14.9. The average molecular weight is 254 g/mol. The van der Waals surface area contributed by atoms with Crippen molar-refractivity contribution in [2.75, 3.05) is 5.32 Å². The van der Waals surface area contributed by atoms with Crippen molar-refractivity contribution in [3.05, 3.63) is 11.1 Å². The topological polar surface area (TPSA) is 62.2 Å². The second kappa shape index (κ2) is 5.49. The van der Waals surface area contributed by atoms with Crippen LogP contribution >= 0.6 is 11.3 Å². The summed E-state index contributed by atoms with van der Waals surface area (Å²) in [5.41, 5.74) is 0.876. The minimum Gasteiger partial charge on any atom is -0.481 e. The number of hydrogen-bond acceptors (Lipinski definition) is 4. The molecule has 5 heteroatoms. The van der Waals surface area contributed by atoms with E-state index in [9.17, 15) is 4.79 Å². The van der Waals surface area contributed by atoms with Crippen LogP contribution in [0.2, 0.25) is 0 Å². The molecule has 1 unspecified atom stereocenters. The maximum absolute atomic E-state index is 10.5. The van der Waals surface area contributed by atoms with Crippen LogP contribution in [-0.2, 0) is 11.2 Å². The van der Waals surface area contributed by atoms with E-state index in [1.54, 1.807) is 11.3 Å². The van der Waals surface area contributed by atoms with E-state index in [1.165, 1.54) is 19.3 Å². The number of aliphatic carboxylic acids is 1. The van der Waals surface area contributed by atoms with Crippen LogP contribution < -0.4 is 5.32 Å². The summed E-state index contributed by atoms with van der Waals surface area (Å²) in [7, 11) is 0. The predicted molar refractivity (Wildman–Crippen MR) is 68.5 cm³/mol. The van der Waals surface area contributed by atoms with Crippen LogP contribution in [0.5, 0.6) is 0 Å². The highest BCUT2D eigenvalue weighted by Gasteiger charge is 2.24. The van der Waals surface area contributed by atoms with Crippen molar-refractivity contribution in [1.82, 2.24) is 4.98 Å². The summed E-state index contributed by atoms with van der Waals surface area (Å²) in [4.78, 5) is 14.9. The number of thiazole rings is 1. The molecule has 17 heavy (non-hydrogen) atoms. The van der Waals surface area contributed by atoms with E-state index >= 15 is 0 Å². The van der Waals surface area contributed by atoms with E-state index < -0.39 is 5.97 Å². The zero-order valence-corrected chi connectivity index (χ0v) is 10.8. The SMILES string of the molecule is CC(Nc1nc(CCC(=O)O)cs1)C1CCC1. The van der Waals surface area contributed by atoms with E-state index in [0.717, 1.165) is 16.7 Å². The molecule has 1 aliphatic carbocycles. The Hall–Kier alpha value is -1.10. The van der Waals surface area contributed by atoms with Gasteiger partial charge in [0, 0.05) is 17.8 Å². The molecule has 1 fully saturated rings. The van der Waals surface area contributed by atoms with E-state index in [-0.39, 0.29) is 6.42 Å². The lowest BCUT2D eigenvalue weighted by molar-refractivity contribution is -0.136. The number of hydrogen-bond donors (Lipinski definition) is 2. The molecule has 1 atom stereocenters. The molecule has 2 N–H and O–H groups in total. The maximum Gasteiger partial charge on any atom is 0.303 e. The molecule has 0 radical (unpaired) electrons. The van der Waals surface area contributed by atoms with Crippen molar-refractivity contribution in [2.45, 2.75) is 45.1 Å². The first-order chi connectivity index (χ1) is 8.15. The third-order valence-corrected chi connectivity index (χ3v) is 4.18. The molecule has 4 nitrogen and oxygen atoms in total. The molecule has 0 bridgehead atoms. The number of aryl methyl sites for hydroxylation is 1. The maximum atomic E-state index is 10.5. The molecule has 1 saturated carbocycles. The second-order valence-corrected chi connectivity index (χ2v) is 5.52. The van der Waals surface area contributed by atoms with E-state index in [1.807, 2.05) is 5.38 Å². The molecule has 1 aromatic rings. The Morgan fingerprint density at radius 2 is 2.47 bits per heavy atom. The summed E-state index contributed by atoms with van der Waals surface area (Å²) >= 11 is 1.57. The third-order valence-electron chi connectivity index (χ3n) is 3.35. The number of nitrogens with one attached hydrogen (secondary N) is 1. The monoisotopic (exact) mass is 254 g/mol. The van der Waals surface area contributed by atoms with Crippen molar-refractivity contribution in [1.29, 1.82) is 0 Å². The minimum absolute atomic E-state index is 0.154. The van der Waals surface area contributed by atoms with Gasteiger partial charge in [0.05, 0.1) is 12.1 Å². The molecule has 1 heterocycles. The molecule has 0 saturated heterocycles. The van der Waals surface area contributed by atoms with E-state index in [0.29, 0.717) is 12.5 Å². The Morgan fingerprint density at radius 3 is 3.06 bits per heavy atom. The Balaban J connectivity index is 1.82. The van der Waals surface area contributed by atoms with Gasteiger partial charge >= 0.3 is 5.97 Å². The molecule has 1 aromatic heterocycles. The zero-order valence-electron chi connectivity index (χ0n) is 9.98. The van der Waals surface area contributed by atoms with Crippen molar-refractivity contribution >= 4 is 22.4 Å². The fourth-order valence-electron chi connectivity index (χ4n) is 1.98. The lowest BCUT2D eigenvalue weighted by Crippen LogP contribution is -2.30. The molecule has 94 valence electrons. The Kier molecular flexibility index (Phi) is 3.99. The van der Waals surface area contributed by atoms with Crippen LogP contribution in [0.4, 0.5) is 5.13 Å². The van der Waals surface area contributed by atoms with Gasteiger partial charge in [0.2, 0.25) is 0 Å². The quantitative estimate of drug-likeness (QED) is 0.819. The molecule has 0 aromatic carbocycles. The van der Waals surface area contributed by atoms with Crippen LogP contribution in [0.1, 0.15) is 38.3 Å². The Labute approximate surface area is 105 Å². The highest BCUT2D eigenvalue weighted by molar-refractivity contribution is 7.13. The van der Waals surface area contributed by atoms with Gasteiger partial charge in [0.15, 0.2) is 5.13 Å². The van der Waals surface area contributed by atoms with Gasteiger partial charge in [0.1, 0.15) is 0 Å². The third kappa shape index (κ3) is 3.43. The average Bonchev–Trinajstić information content (AvgIpc) is 2.59. The fraction of sp³-hybridized carbons (Fsp3) is 0.667. The number of rotatable bonds is 6. The number of carboxylic acid groups (broad SMARTS) is 1. The van der Waals surface area contributed by atoms with Gasteiger partial charge in [-0.05, 0) is 25.7 Å². The minimum atomic E-state index is -0.768. The molecular formula is C12H18N2O2S. The molecule has 2 rings (SSSR count). The molecule has 0 amide bonds. The molecule has 1 aliphatic rings. The van der Waals surface area contributed by atoms with Gasteiger partial charge < -0.3 is 10.4 Å². The molecule has 0 aliphatic heterocycles. The van der Waals surface area contributed by atoms with Crippen LogP contribution in [0, 0.1) is 5.92 Å². The van der Waals surface area contributed by atoms with Gasteiger partial charge in [-0.2, -0.15) is 0 Å². The summed E-state index contributed by atoms with van der Waals surface area (Å²) in [5.74, 6) is 0.0108. The molecule has 0 spiro atoms. The standard InChI is InChI=1S/C12H18N2O2S/c1-8(9-3-2-4-9)13-12-14-10(7-17-12)5-6-11(15)16/h7-9H,2-6H2,1H3,(H,13,14)(H,15,16). The van der Waals surface area contributed by atoms with Crippen LogP contribution in [0.15, 0.2) is 5.38 Å². The van der Waals surface area contributed by atoms with Gasteiger partial charge in [-0.15, -0.1) is 11.3 Å². The van der Waals surface area contributed by atoms with Crippen molar-refractivity contribution in [3.63, 3.8) is 0 Å². The number of carboxylic acids is 1. The first kappa shape index (κ1) is 12.4. The van der Waals surface area contributed by atoms with Crippen LogP contribution in [0.3, 0.4) is 0 Å². The number of nitrogens with zero attached hydrogens (tertiary/aromatic N) is 1. The number of aromatic nitrogens is 1. The van der Waals surface area contributed by atoms with Gasteiger partial charge in [-0.25, -0.2) is 4.98 Å². The molecular weight excluding hydrogens is 236 g/mol. The van der Waals surface area contributed by atoms with Crippen molar-refractivity contribution in [3.8, 4) is 0 Å². The summed E-state index contributed by atoms with van der Waals surface area (Å²) < 4.78 is 0. The normalized spacial score (nSPS) is 17.5. The lowest BCUT2D eigenvalue weighted by atomic mass is 9.80. The van der Waals surface area contributed by atoms with E-state index in [4.69, 9.17) is 5.11 Å². The number of anilines is 1. The summed E-state index contributed by atoms with van der Waals surface area (Å²) in [6.07, 6.45) is 4.64. The predicted octanol–water partition coefficient (Wildman–Crippen LogP) is 2.76. The first-order valence-electron chi connectivity index (χ1n) is 6.08. The smallest absolute Gasteiger partial charge is 0.303 e. The lowest BCUT2D eigenvalue weighted by Gasteiger charge is -2.31.